The Balaban J connectivity index is 2.53. The van der Waals surface area contributed by atoms with E-state index in [1.807, 2.05) is 30.3 Å². The first-order valence-corrected chi connectivity index (χ1v) is 13.6. The van der Waals surface area contributed by atoms with Crippen LogP contribution in [0.5, 0.6) is 0 Å². The molecule has 1 heterocycles. The quantitative estimate of drug-likeness (QED) is 0.582. The van der Waals surface area contributed by atoms with Crippen LogP contribution < -0.4 is 10.0 Å². The third-order valence-corrected chi connectivity index (χ3v) is 7.67. The molecule has 2 rings (SSSR count). The molecule has 0 spiro atoms. The van der Waals surface area contributed by atoms with E-state index in [9.17, 15) is 18.0 Å². The van der Waals surface area contributed by atoms with Crippen molar-refractivity contribution in [2.45, 2.75) is 46.4 Å². The zero-order chi connectivity index (χ0) is 25.9. The summed E-state index contributed by atoms with van der Waals surface area (Å²) >= 11 is 1.16. The van der Waals surface area contributed by atoms with Gasteiger partial charge in [0.1, 0.15) is 0 Å². The van der Waals surface area contributed by atoms with Gasteiger partial charge in [-0.15, -0.1) is 5.10 Å². The largest absolute Gasteiger partial charge is 0.308 e. The summed E-state index contributed by atoms with van der Waals surface area (Å²) in [7, 11) is -0.0376. The highest BCUT2D eigenvalue weighted by atomic mass is 32.2. The van der Waals surface area contributed by atoms with Gasteiger partial charge in [-0.1, -0.05) is 71.9 Å². The lowest BCUT2D eigenvalue weighted by Gasteiger charge is -2.38. The van der Waals surface area contributed by atoms with Crippen molar-refractivity contribution >= 4 is 38.8 Å². The number of nitrogens with zero attached hydrogens (tertiary/aromatic N) is 3. The smallest absolute Gasteiger partial charge is 0.249 e. The molecule has 0 saturated heterocycles. The van der Waals surface area contributed by atoms with Gasteiger partial charge in [-0.25, -0.2) is 18.1 Å². The second-order valence-corrected chi connectivity index (χ2v) is 13.9. The molecule has 1 unspecified atom stereocenters. The van der Waals surface area contributed by atoms with Crippen molar-refractivity contribution in [2.24, 2.45) is 15.9 Å². The zero-order valence-corrected chi connectivity index (χ0v) is 22.9. The van der Waals surface area contributed by atoms with Gasteiger partial charge in [0.15, 0.2) is 10.0 Å². The number of benzene rings is 1. The number of hydrogen-bond acceptors (Lipinski definition) is 7. The fraction of sp³-hybridized carbons (Fsp3) is 0.609. The second kappa shape index (κ2) is 10.3. The van der Waals surface area contributed by atoms with Crippen molar-refractivity contribution in [3.05, 3.63) is 35.9 Å². The highest BCUT2D eigenvalue weighted by molar-refractivity contribution is 8.14. The summed E-state index contributed by atoms with van der Waals surface area (Å²) in [6.07, 6.45) is 0. The van der Waals surface area contributed by atoms with Gasteiger partial charge in [0.25, 0.3) is 0 Å². The highest BCUT2D eigenvalue weighted by Gasteiger charge is 2.51. The Morgan fingerprint density at radius 1 is 1.06 bits per heavy atom. The number of amidine groups is 1. The van der Waals surface area contributed by atoms with E-state index in [0.717, 1.165) is 11.8 Å². The first-order valence-electron chi connectivity index (χ1n) is 11.1. The molecular weight excluding hydrogens is 474 g/mol. The maximum atomic E-state index is 13.5. The third-order valence-electron chi connectivity index (χ3n) is 5.10. The Hall–Kier alpha value is -1.95. The van der Waals surface area contributed by atoms with Crippen LogP contribution in [0.15, 0.2) is 35.4 Å². The van der Waals surface area contributed by atoms with E-state index in [1.165, 1.54) is 5.01 Å². The van der Waals surface area contributed by atoms with Crippen LogP contribution >= 0.6 is 11.8 Å². The summed E-state index contributed by atoms with van der Waals surface area (Å²) in [5.74, 6) is -0.634. The van der Waals surface area contributed by atoms with Crippen LogP contribution in [0.4, 0.5) is 0 Å². The molecule has 0 aliphatic carbocycles. The van der Waals surface area contributed by atoms with Crippen LogP contribution in [0.2, 0.25) is 0 Å². The van der Waals surface area contributed by atoms with Crippen LogP contribution in [0, 0.1) is 10.8 Å². The van der Waals surface area contributed by atoms with Gasteiger partial charge in [0.05, 0.1) is 12.3 Å². The van der Waals surface area contributed by atoms with Gasteiger partial charge in [-0.2, -0.15) is 0 Å². The summed E-state index contributed by atoms with van der Waals surface area (Å²) in [5, 5.41) is 8.88. The first kappa shape index (κ1) is 28.3. The van der Waals surface area contributed by atoms with Crippen LogP contribution in [0.1, 0.15) is 47.1 Å². The molecule has 0 radical (unpaired) electrons. The molecule has 9 nitrogen and oxygen atoms in total. The molecule has 0 saturated carbocycles. The predicted octanol–water partition coefficient (Wildman–Crippen LogP) is 2.38. The van der Waals surface area contributed by atoms with Crippen LogP contribution in [-0.4, -0.2) is 68.2 Å². The molecule has 190 valence electrons. The average molecular weight is 512 g/mol. The molecule has 1 aliphatic heterocycles. The van der Waals surface area contributed by atoms with Crippen molar-refractivity contribution in [3.63, 3.8) is 0 Å². The van der Waals surface area contributed by atoms with Crippen molar-refractivity contribution < 1.29 is 18.0 Å². The highest BCUT2D eigenvalue weighted by Crippen LogP contribution is 2.46. The van der Waals surface area contributed by atoms with Gasteiger partial charge >= 0.3 is 0 Å². The lowest BCUT2D eigenvalue weighted by Crippen LogP contribution is -2.52. The average Bonchev–Trinajstić information content (AvgIpc) is 3.09. The van der Waals surface area contributed by atoms with Crippen LogP contribution in [0.25, 0.3) is 0 Å². The normalized spacial score (nSPS) is 19.3. The number of carbonyl (C=O) groups excluding carboxylic acids is 2. The van der Waals surface area contributed by atoms with Gasteiger partial charge in [0.2, 0.25) is 21.8 Å². The number of rotatable bonds is 7. The van der Waals surface area contributed by atoms with Crippen LogP contribution in [-0.2, 0) is 24.5 Å². The van der Waals surface area contributed by atoms with E-state index >= 15 is 0 Å². The zero-order valence-electron chi connectivity index (χ0n) is 21.3. The number of amides is 2. The van der Waals surface area contributed by atoms with E-state index < -0.39 is 25.7 Å². The molecule has 1 aliphatic rings. The fourth-order valence-corrected chi connectivity index (χ4v) is 5.40. The van der Waals surface area contributed by atoms with Gasteiger partial charge < -0.3 is 10.2 Å². The number of hydrazone groups is 1. The number of sulfonamides is 1. The third kappa shape index (κ3) is 7.03. The topological polar surface area (TPSA) is 111 Å². The Kier molecular flexibility index (Phi) is 8.61. The molecule has 2 amide bonds. The van der Waals surface area contributed by atoms with Gasteiger partial charge in [0, 0.05) is 17.4 Å². The maximum absolute atomic E-state index is 13.5. The Morgan fingerprint density at radius 2 is 1.65 bits per heavy atom. The molecule has 34 heavy (non-hydrogen) atoms. The van der Waals surface area contributed by atoms with Crippen molar-refractivity contribution in [1.29, 1.82) is 0 Å². The number of thioether (sulfide) groups is 1. The number of hydrogen-bond donors (Lipinski definition) is 2. The summed E-state index contributed by atoms with van der Waals surface area (Å²) in [4.78, 5) is 26.8. The first-order chi connectivity index (χ1) is 15.5. The Morgan fingerprint density at radius 3 is 2.15 bits per heavy atom. The number of carbonyl (C=O) groups is 2. The Bertz CT molecular complexity index is 1030. The lowest BCUT2D eigenvalue weighted by molar-refractivity contribution is -0.143. The number of nitrogens with one attached hydrogen (secondary N) is 2. The van der Waals surface area contributed by atoms with E-state index in [0.29, 0.717) is 12.1 Å². The summed E-state index contributed by atoms with van der Waals surface area (Å²) in [5.41, 5.74) is -0.776. The van der Waals surface area contributed by atoms with Gasteiger partial charge in [-0.05, 0) is 31.4 Å². The molecule has 0 fully saturated rings. The van der Waals surface area contributed by atoms with E-state index in [-0.39, 0.29) is 29.3 Å². The monoisotopic (exact) mass is 511 g/mol. The molecule has 11 heteroatoms. The van der Waals surface area contributed by atoms with E-state index in [4.69, 9.17) is 0 Å². The molecular formula is C23H37N5O4S2. The summed E-state index contributed by atoms with van der Waals surface area (Å²) < 4.78 is 28.2. The fourth-order valence-electron chi connectivity index (χ4n) is 2.93. The second-order valence-electron chi connectivity index (χ2n) is 10.7. The minimum Gasteiger partial charge on any atom is -0.308 e. The van der Waals surface area contributed by atoms with Crippen LogP contribution in [0.3, 0.4) is 0 Å². The molecule has 1 atom stereocenters. The van der Waals surface area contributed by atoms with Crippen molar-refractivity contribution in [2.75, 3.05) is 32.9 Å². The van der Waals surface area contributed by atoms with E-state index in [2.05, 4.69) is 15.1 Å². The predicted molar refractivity (Wildman–Crippen MR) is 137 cm³/mol. The van der Waals surface area contributed by atoms with Crippen molar-refractivity contribution in [3.8, 4) is 0 Å². The van der Waals surface area contributed by atoms with E-state index in [1.54, 1.807) is 60.5 Å². The maximum Gasteiger partial charge on any atom is 0.249 e. The minimum atomic E-state index is -3.64. The molecule has 1 aromatic rings. The SMILES string of the molecule is CN(C)CCS(=O)(=O)NCC1(c2ccccc2)SC(NC(=O)C(C)(C)C)=NN1C(=O)C(C)(C)C. The lowest BCUT2D eigenvalue weighted by atomic mass is 9.93. The van der Waals surface area contributed by atoms with Crippen molar-refractivity contribution in [1.82, 2.24) is 19.9 Å². The summed E-state index contributed by atoms with van der Waals surface area (Å²) in [6.45, 7) is 10.9. The minimum absolute atomic E-state index is 0.0861. The molecule has 0 bridgehead atoms. The Labute approximate surface area is 207 Å². The van der Waals surface area contributed by atoms with Gasteiger partial charge in [-0.3, -0.25) is 9.59 Å². The standard InChI is InChI=1S/C23H37N5O4S2/c1-21(2,3)18(29)25-20-26-28(19(30)22(4,5)6)23(33-20,17-12-10-9-11-13-17)16-24-34(31,32)15-14-27(7)8/h9-13,24H,14-16H2,1-8H3,(H,25,26,29). The molecule has 0 aromatic heterocycles. The summed E-state index contributed by atoms with van der Waals surface area (Å²) in [6, 6.07) is 9.15. The molecule has 1 aromatic carbocycles. The molecule has 2 N–H and O–H groups in total.